The van der Waals surface area contributed by atoms with E-state index in [4.69, 9.17) is 11.6 Å². The monoisotopic (exact) mass is 268 g/mol. The van der Waals surface area contributed by atoms with Gasteiger partial charge in [-0.15, -0.1) is 11.6 Å². The molecule has 0 saturated heterocycles. The number of halogens is 1. The summed E-state index contributed by atoms with van der Waals surface area (Å²) in [6.45, 7) is 7.75. The van der Waals surface area contributed by atoms with Gasteiger partial charge in [-0.2, -0.15) is 5.10 Å². The summed E-state index contributed by atoms with van der Waals surface area (Å²) in [7, 11) is 0. The third-order valence-electron chi connectivity index (χ3n) is 4.38. The first-order chi connectivity index (χ1) is 8.60. The fourth-order valence-corrected chi connectivity index (χ4v) is 3.39. The average Bonchev–Trinajstić information content (AvgIpc) is 2.79. The van der Waals surface area contributed by atoms with E-state index in [-0.39, 0.29) is 0 Å². The van der Waals surface area contributed by atoms with Crippen LogP contribution >= 0.6 is 11.6 Å². The van der Waals surface area contributed by atoms with Crippen molar-refractivity contribution in [1.82, 2.24) is 9.78 Å². The predicted molar refractivity (Wildman–Crippen MR) is 76.9 cm³/mol. The lowest BCUT2D eigenvalue weighted by molar-refractivity contribution is 0.218. The molecule has 1 aliphatic rings. The van der Waals surface area contributed by atoms with Crippen LogP contribution in [0.25, 0.3) is 0 Å². The second kappa shape index (κ2) is 6.10. The zero-order valence-electron chi connectivity index (χ0n) is 11.8. The number of nitrogens with zero attached hydrogens (tertiary/aromatic N) is 2. The van der Waals surface area contributed by atoms with Crippen molar-refractivity contribution in [2.75, 3.05) is 0 Å². The lowest BCUT2D eigenvalue weighted by Crippen LogP contribution is -2.29. The molecule has 1 fully saturated rings. The molecule has 0 bridgehead atoms. The van der Waals surface area contributed by atoms with Crippen LogP contribution in [0.5, 0.6) is 0 Å². The fourth-order valence-electron chi connectivity index (χ4n) is 3.07. The summed E-state index contributed by atoms with van der Waals surface area (Å²) in [5.41, 5.74) is 1.34. The van der Waals surface area contributed by atoms with Crippen molar-refractivity contribution in [3.63, 3.8) is 0 Å². The van der Waals surface area contributed by atoms with E-state index < -0.39 is 0 Å². The Kier molecular flexibility index (Phi) is 4.71. The zero-order chi connectivity index (χ0) is 13.1. The lowest BCUT2D eigenvalue weighted by Gasteiger charge is -2.35. The average molecular weight is 269 g/mol. The van der Waals surface area contributed by atoms with Crippen molar-refractivity contribution in [3.8, 4) is 0 Å². The molecule has 0 aromatic carbocycles. The van der Waals surface area contributed by atoms with Crippen molar-refractivity contribution >= 4 is 11.6 Å². The Balaban J connectivity index is 1.97. The van der Waals surface area contributed by atoms with Gasteiger partial charge in [-0.1, -0.05) is 13.8 Å². The summed E-state index contributed by atoms with van der Waals surface area (Å²) < 4.78 is 2.00. The highest BCUT2D eigenvalue weighted by molar-refractivity contribution is 6.20. The van der Waals surface area contributed by atoms with Gasteiger partial charge in [-0.05, 0) is 55.9 Å². The molecule has 0 amide bonds. The van der Waals surface area contributed by atoms with Crippen LogP contribution in [0, 0.1) is 17.8 Å². The number of hydrogen-bond donors (Lipinski definition) is 0. The highest BCUT2D eigenvalue weighted by atomic mass is 35.5. The Labute approximate surface area is 116 Å². The van der Waals surface area contributed by atoms with E-state index in [1.54, 1.807) is 0 Å². The minimum atomic E-state index is 0.352. The Morgan fingerprint density at radius 2 is 2.22 bits per heavy atom. The molecular formula is C15H25ClN2. The topological polar surface area (TPSA) is 17.8 Å². The predicted octanol–water partition coefficient (Wildman–Crippen LogP) is 4.13. The van der Waals surface area contributed by atoms with Crippen LogP contribution in [0.3, 0.4) is 0 Å². The molecule has 1 aromatic rings. The van der Waals surface area contributed by atoms with Gasteiger partial charge < -0.3 is 0 Å². The molecule has 0 spiro atoms. The first-order valence-electron chi connectivity index (χ1n) is 7.25. The molecule has 1 aliphatic carbocycles. The summed E-state index contributed by atoms with van der Waals surface area (Å²) in [5.74, 6) is 2.27. The second-order valence-corrected chi connectivity index (χ2v) is 6.56. The molecule has 0 aliphatic heterocycles. The second-order valence-electron chi connectivity index (χ2n) is 6.00. The number of rotatable bonds is 4. The van der Waals surface area contributed by atoms with Crippen LogP contribution in [0.4, 0.5) is 0 Å². The Morgan fingerprint density at radius 3 is 2.83 bits per heavy atom. The largest absolute Gasteiger partial charge is 0.273 e. The van der Waals surface area contributed by atoms with Gasteiger partial charge in [0, 0.05) is 18.1 Å². The maximum atomic E-state index is 6.52. The minimum absolute atomic E-state index is 0.352. The number of hydrogen-bond acceptors (Lipinski definition) is 1. The Morgan fingerprint density at radius 1 is 1.44 bits per heavy atom. The molecule has 3 heteroatoms. The molecule has 0 radical (unpaired) electrons. The molecule has 3 unspecified atom stereocenters. The molecular weight excluding hydrogens is 244 g/mol. The van der Waals surface area contributed by atoms with E-state index in [1.807, 2.05) is 10.9 Å². The van der Waals surface area contributed by atoms with Crippen LogP contribution < -0.4 is 0 Å². The standard InChI is InChI=1S/C15H25ClN2/c1-4-18-10-12(9-17-18)7-14-8-13(11(2)3)5-6-15(14)16/h9-11,13-15H,4-8H2,1-3H3. The maximum absolute atomic E-state index is 6.52. The number of aromatic nitrogens is 2. The molecule has 102 valence electrons. The van der Waals surface area contributed by atoms with Gasteiger partial charge >= 0.3 is 0 Å². The highest BCUT2D eigenvalue weighted by Crippen LogP contribution is 2.38. The van der Waals surface area contributed by atoms with Gasteiger partial charge in [0.05, 0.1) is 6.20 Å². The molecule has 2 rings (SSSR count). The smallest absolute Gasteiger partial charge is 0.0521 e. The Bertz CT molecular complexity index is 372. The van der Waals surface area contributed by atoms with Gasteiger partial charge in [0.1, 0.15) is 0 Å². The molecule has 0 N–H and O–H groups in total. The molecule has 2 nitrogen and oxygen atoms in total. The minimum Gasteiger partial charge on any atom is -0.273 e. The van der Waals surface area contributed by atoms with Crippen molar-refractivity contribution in [1.29, 1.82) is 0 Å². The van der Waals surface area contributed by atoms with Crippen molar-refractivity contribution in [2.24, 2.45) is 17.8 Å². The summed E-state index contributed by atoms with van der Waals surface area (Å²) >= 11 is 6.52. The molecule has 1 heterocycles. The summed E-state index contributed by atoms with van der Waals surface area (Å²) in [4.78, 5) is 0. The summed E-state index contributed by atoms with van der Waals surface area (Å²) in [6, 6.07) is 0. The Hall–Kier alpha value is -0.500. The first kappa shape index (κ1) is 13.9. The van der Waals surface area contributed by atoms with E-state index in [1.165, 1.54) is 24.8 Å². The third-order valence-corrected chi connectivity index (χ3v) is 4.96. The van der Waals surface area contributed by atoms with Crippen LogP contribution in [-0.2, 0) is 13.0 Å². The molecule has 1 saturated carbocycles. The normalized spacial score (nSPS) is 28.8. The quantitative estimate of drug-likeness (QED) is 0.751. The van der Waals surface area contributed by atoms with E-state index in [9.17, 15) is 0 Å². The van der Waals surface area contributed by atoms with E-state index in [0.29, 0.717) is 11.3 Å². The van der Waals surface area contributed by atoms with Gasteiger partial charge in [-0.3, -0.25) is 4.68 Å². The third kappa shape index (κ3) is 3.28. The highest BCUT2D eigenvalue weighted by Gasteiger charge is 2.30. The summed E-state index contributed by atoms with van der Waals surface area (Å²) in [5, 5.41) is 4.70. The van der Waals surface area contributed by atoms with E-state index in [0.717, 1.165) is 24.8 Å². The van der Waals surface area contributed by atoms with Gasteiger partial charge in [0.15, 0.2) is 0 Å². The lowest BCUT2D eigenvalue weighted by atomic mass is 9.74. The van der Waals surface area contributed by atoms with Crippen LogP contribution in [0.2, 0.25) is 0 Å². The zero-order valence-corrected chi connectivity index (χ0v) is 12.5. The van der Waals surface area contributed by atoms with Crippen molar-refractivity contribution in [3.05, 3.63) is 18.0 Å². The molecule has 18 heavy (non-hydrogen) atoms. The maximum Gasteiger partial charge on any atom is 0.0521 e. The van der Waals surface area contributed by atoms with Crippen molar-refractivity contribution in [2.45, 2.75) is 58.4 Å². The van der Waals surface area contributed by atoms with Gasteiger partial charge in [0.2, 0.25) is 0 Å². The van der Waals surface area contributed by atoms with E-state index in [2.05, 4.69) is 32.1 Å². The first-order valence-corrected chi connectivity index (χ1v) is 7.69. The number of aryl methyl sites for hydroxylation is 1. The van der Waals surface area contributed by atoms with Crippen LogP contribution in [0.1, 0.15) is 45.6 Å². The van der Waals surface area contributed by atoms with E-state index >= 15 is 0 Å². The van der Waals surface area contributed by atoms with Crippen molar-refractivity contribution < 1.29 is 0 Å². The van der Waals surface area contributed by atoms with Crippen LogP contribution in [-0.4, -0.2) is 15.2 Å². The molecule has 3 atom stereocenters. The van der Waals surface area contributed by atoms with Crippen LogP contribution in [0.15, 0.2) is 12.4 Å². The fraction of sp³-hybridized carbons (Fsp3) is 0.800. The number of alkyl halides is 1. The summed E-state index contributed by atoms with van der Waals surface area (Å²) in [6.07, 6.45) is 9.03. The van der Waals surface area contributed by atoms with Gasteiger partial charge in [-0.25, -0.2) is 0 Å². The van der Waals surface area contributed by atoms with Gasteiger partial charge in [0.25, 0.3) is 0 Å². The SMILES string of the molecule is CCn1cc(CC2CC(C(C)C)CCC2Cl)cn1. The molecule has 1 aromatic heterocycles.